The highest BCUT2D eigenvalue weighted by Crippen LogP contribution is 2.55. The number of hydrogen-bond acceptors (Lipinski definition) is 4. The molecule has 4 nitrogen and oxygen atoms in total. The minimum Gasteiger partial charge on any atom is -0.481 e. The van der Waals surface area contributed by atoms with Crippen LogP contribution in [-0.2, 0) is 4.79 Å². The van der Waals surface area contributed by atoms with Gasteiger partial charge in [-0.1, -0.05) is 12.2 Å². The zero-order valence-corrected chi connectivity index (χ0v) is 14.5. The highest BCUT2D eigenvalue weighted by molar-refractivity contribution is 7.95. The molecule has 4 unspecified atom stereocenters. The van der Waals surface area contributed by atoms with Crippen molar-refractivity contribution in [3.8, 4) is 0 Å². The molecule has 1 heterocycles. The van der Waals surface area contributed by atoms with Crippen molar-refractivity contribution in [2.45, 2.75) is 43.8 Å². The molecule has 2 N–H and O–H groups in total. The van der Waals surface area contributed by atoms with Gasteiger partial charge in [0.1, 0.15) is 6.54 Å². The maximum absolute atomic E-state index is 12.8. The van der Waals surface area contributed by atoms with Crippen LogP contribution in [0.1, 0.15) is 32.1 Å². The first-order chi connectivity index (χ1) is 11.8. The van der Waals surface area contributed by atoms with Crippen molar-refractivity contribution in [1.29, 1.82) is 0 Å². The van der Waals surface area contributed by atoms with Crippen LogP contribution in [0.5, 0.6) is 0 Å². The van der Waals surface area contributed by atoms with E-state index in [1.54, 1.807) is 0 Å². The van der Waals surface area contributed by atoms with E-state index in [4.69, 9.17) is 0 Å². The number of aliphatic carboxylic acids is 1. The van der Waals surface area contributed by atoms with E-state index in [-0.39, 0.29) is 11.5 Å². The molecule has 0 aromatic carbocycles. The van der Waals surface area contributed by atoms with Gasteiger partial charge in [-0.25, -0.2) is 9.03 Å². The number of halogens is 3. The molecule has 4 aliphatic rings. The molecule has 0 aromatic heterocycles. The fourth-order valence-corrected chi connectivity index (χ4v) is 6.16. The second-order valence-corrected chi connectivity index (χ2v) is 8.53. The van der Waals surface area contributed by atoms with E-state index in [0.717, 1.165) is 43.4 Å². The van der Waals surface area contributed by atoms with Gasteiger partial charge < -0.3 is 5.11 Å². The molecule has 4 rings (SSSR count). The highest BCUT2D eigenvalue weighted by Gasteiger charge is 2.56. The van der Waals surface area contributed by atoms with Crippen LogP contribution in [0.25, 0.3) is 0 Å². The standard InChI is InChI=1S/C17H21F3N2O2S/c18-17(19,20)9-22-8-16(21-25-22)13-3-4-14(16)7-12-5-11(15(23)24)2-1-10(12)6-13/h1,5,11,13-14,21H,2-4,6-9H2,(H,23,24). The van der Waals surface area contributed by atoms with Crippen LogP contribution >= 0.6 is 12.1 Å². The summed E-state index contributed by atoms with van der Waals surface area (Å²) < 4.78 is 43.0. The van der Waals surface area contributed by atoms with Crippen LogP contribution in [0.2, 0.25) is 0 Å². The van der Waals surface area contributed by atoms with Crippen LogP contribution in [0.3, 0.4) is 0 Å². The van der Waals surface area contributed by atoms with E-state index in [1.165, 1.54) is 9.88 Å². The monoisotopic (exact) mass is 374 g/mol. The Morgan fingerprint density at radius 2 is 2.00 bits per heavy atom. The van der Waals surface area contributed by atoms with Gasteiger partial charge in [-0.3, -0.25) is 4.79 Å². The normalized spacial score (nSPS) is 38.3. The van der Waals surface area contributed by atoms with Crippen LogP contribution in [0.15, 0.2) is 23.3 Å². The van der Waals surface area contributed by atoms with E-state index in [0.29, 0.717) is 18.9 Å². The Morgan fingerprint density at radius 3 is 2.64 bits per heavy atom. The maximum atomic E-state index is 12.8. The molecule has 3 aliphatic carbocycles. The third-order valence-electron chi connectivity index (χ3n) is 6.16. The van der Waals surface area contributed by atoms with Gasteiger partial charge in [-0.15, -0.1) is 0 Å². The van der Waals surface area contributed by atoms with Crippen molar-refractivity contribution in [3.05, 3.63) is 23.3 Å². The maximum Gasteiger partial charge on any atom is 0.402 e. The lowest BCUT2D eigenvalue weighted by Crippen LogP contribution is -2.50. The zero-order chi connectivity index (χ0) is 17.8. The first-order valence-electron chi connectivity index (χ1n) is 8.65. The number of hydrogen-bond donors (Lipinski definition) is 2. The highest BCUT2D eigenvalue weighted by atomic mass is 32.2. The summed E-state index contributed by atoms with van der Waals surface area (Å²) in [6.45, 7) is -0.506. The molecule has 0 aromatic rings. The van der Waals surface area contributed by atoms with Crippen molar-refractivity contribution >= 4 is 18.1 Å². The van der Waals surface area contributed by atoms with E-state index in [9.17, 15) is 23.1 Å². The van der Waals surface area contributed by atoms with Crippen LogP contribution in [0.4, 0.5) is 13.2 Å². The smallest absolute Gasteiger partial charge is 0.402 e. The van der Waals surface area contributed by atoms with E-state index in [2.05, 4.69) is 4.72 Å². The number of carboxylic acids is 1. The summed E-state index contributed by atoms with van der Waals surface area (Å²) in [4.78, 5) is 11.3. The summed E-state index contributed by atoms with van der Waals surface area (Å²) >= 11 is 1.10. The SMILES string of the molecule is O=C(O)C1C=C2CC3CCC(CC2=CC1)C31CN(CC(F)(F)F)SN1. The molecule has 4 atom stereocenters. The molecule has 138 valence electrons. The number of alkyl halides is 3. The molecule has 3 fully saturated rings. The number of nitrogens with one attached hydrogen (secondary N) is 1. The Bertz CT molecular complexity index is 648. The van der Waals surface area contributed by atoms with E-state index >= 15 is 0 Å². The van der Waals surface area contributed by atoms with Gasteiger partial charge in [0.15, 0.2) is 0 Å². The Labute approximate surface area is 148 Å². The Hall–Kier alpha value is -0.990. The fourth-order valence-electron chi connectivity index (χ4n) is 4.97. The first kappa shape index (κ1) is 17.4. The summed E-state index contributed by atoms with van der Waals surface area (Å²) in [5, 5.41) is 9.28. The number of carbonyl (C=O) groups is 1. The topological polar surface area (TPSA) is 52.6 Å². The summed E-state index contributed by atoms with van der Waals surface area (Å²) in [5.74, 6) is -0.716. The minimum absolute atomic E-state index is 0.257. The van der Waals surface area contributed by atoms with Gasteiger partial charge in [0.05, 0.1) is 5.92 Å². The summed E-state index contributed by atoms with van der Waals surface area (Å²) in [7, 11) is 0. The zero-order valence-electron chi connectivity index (χ0n) is 13.7. The summed E-state index contributed by atoms with van der Waals surface area (Å²) in [6, 6.07) is 0. The van der Waals surface area contributed by atoms with E-state index in [1.807, 2.05) is 12.2 Å². The largest absolute Gasteiger partial charge is 0.481 e. The number of rotatable bonds is 2. The van der Waals surface area contributed by atoms with Crippen LogP contribution in [-0.4, -0.2) is 40.2 Å². The van der Waals surface area contributed by atoms with Gasteiger partial charge in [-0.05, 0) is 55.1 Å². The predicted molar refractivity (Wildman–Crippen MR) is 88.4 cm³/mol. The van der Waals surface area contributed by atoms with Crippen molar-refractivity contribution in [1.82, 2.24) is 9.03 Å². The second-order valence-electron chi connectivity index (χ2n) is 7.63. The van der Waals surface area contributed by atoms with Crippen molar-refractivity contribution in [3.63, 3.8) is 0 Å². The summed E-state index contributed by atoms with van der Waals surface area (Å²) in [5.41, 5.74) is 2.02. The van der Waals surface area contributed by atoms with Crippen molar-refractivity contribution in [2.24, 2.45) is 17.8 Å². The van der Waals surface area contributed by atoms with Gasteiger partial charge in [0.2, 0.25) is 0 Å². The van der Waals surface area contributed by atoms with Crippen molar-refractivity contribution in [2.75, 3.05) is 13.1 Å². The lowest BCUT2D eigenvalue weighted by molar-refractivity contribution is -0.140. The molecule has 0 radical (unpaired) electrons. The number of allylic oxidation sites excluding steroid dienone is 3. The Kier molecular flexibility index (Phi) is 4.20. The Morgan fingerprint density at radius 1 is 1.32 bits per heavy atom. The quantitative estimate of drug-likeness (QED) is 0.724. The van der Waals surface area contributed by atoms with E-state index < -0.39 is 24.6 Å². The van der Waals surface area contributed by atoms with Crippen LogP contribution in [0, 0.1) is 17.8 Å². The second kappa shape index (κ2) is 6.03. The fraction of sp³-hybridized carbons (Fsp3) is 0.706. The molecule has 2 saturated carbocycles. The van der Waals surface area contributed by atoms with Gasteiger partial charge in [-0.2, -0.15) is 13.2 Å². The molecule has 0 amide bonds. The van der Waals surface area contributed by atoms with Crippen molar-refractivity contribution < 1.29 is 23.1 Å². The third-order valence-corrected chi connectivity index (χ3v) is 7.15. The Balaban J connectivity index is 1.57. The molecular weight excluding hydrogens is 353 g/mol. The molecule has 1 spiro atoms. The third kappa shape index (κ3) is 3.13. The number of nitrogens with zero attached hydrogens (tertiary/aromatic N) is 1. The lowest BCUT2D eigenvalue weighted by Gasteiger charge is -2.34. The molecule has 1 aliphatic heterocycles. The average Bonchev–Trinajstić information content (AvgIpc) is 3.00. The van der Waals surface area contributed by atoms with Gasteiger partial charge >= 0.3 is 12.1 Å². The predicted octanol–water partition coefficient (Wildman–Crippen LogP) is 3.53. The van der Waals surface area contributed by atoms with Gasteiger partial charge in [0.25, 0.3) is 0 Å². The van der Waals surface area contributed by atoms with Crippen LogP contribution < -0.4 is 4.72 Å². The molecule has 1 saturated heterocycles. The number of carboxylic acid groups (broad SMARTS) is 1. The number of fused-ring (bicyclic) bond motifs is 1. The average molecular weight is 374 g/mol. The van der Waals surface area contributed by atoms with Gasteiger partial charge in [0, 0.05) is 24.2 Å². The molecule has 25 heavy (non-hydrogen) atoms. The first-order valence-corrected chi connectivity index (χ1v) is 9.43. The lowest BCUT2D eigenvalue weighted by atomic mass is 9.80. The molecular formula is C17H21F3N2O2S. The molecule has 2 bridgehead atoms. The minimum atomic E-state index is -4.20. The summed E-state index contributed by atoms with van der Waals surface area (Å²) in [6.07, 6.45) is 3.84. The molecule has 8 heteroatoms.